The molecule has 6 heteroatoms. The fraction of sp³-hybridized carbons (Fsp3) is 0.167. The number of hydrogen-bond acceptors (Lipinski definition) is 4. The molecule has 3 heterocycles. The van der Waals surface area contributed by atoms with Gasteiger partial charge in [0.25, 0.3) is 5.91 Å². The molecule has 0 radical (unpaired) electrons. The molecule has 5 nitrogen and oxygen atoms in total. The summed E-state index contributed by atoms with van der Waals surface area (Å²) in [5.41, 5.74) is 1.18. The van der Waals surface area contributed by atoms with E-state index in [-0.39, 0.29) is 5.91 Å². The average molecular weight is 309 g/mol. The van der Waals surface area contributed by atoms with Crippen LogP contribution in [0, 0.1) is 0 Å². The number of amides is 1. The SMILES string of the molecule is O=C(c1coc(Br)c1)N1CCOc2ncccc21. The first-order valence-corrected chi connectivity index (χ1v) is 6.19. The lowest BCUT2D eigenvalue weighted by Gasteiger charge is -2.28. The van der Waals surface area contributed by atoms with Crippen molar-refractivity contribution >= 4 is 27.5 Å². The van der Waals surface area contributed by atoms with Gasteiger partial charge in [0, 0.05) is 12.3 Å². The minimum absolute atomic E-state index is 0.123. The van der Waals surface area contributed by atoms with Gasteiger partial charge in [-0.15, -0.1) is 0 Å². The molecule has 0 saturated heterocycles. The van der Waals surface area contributed by atoms with Crippen molar-refractivity contribution in [2.45, 2.75) is 0 Å². The van der Waals surface area contributed by atoms with E-state index in [0.29, 0.717) is 35.0 Å². The Hall–Kier alpha value is -1.82. The van der Waals surface area contributed by atoms with Gasteiger partial charge in [0.1, 0.15) is 18.6 Å². The van der Waals surface area contributed by atoms with Gasteiger partial charge in [-0.2, -0.15) is 0 Å². The Balaban J connectivity index is 1.96. The van der Waals surface area contributed by atoms with Gasteiger partial charge in [-0.25, -0.2) is 4.98 Å². The molecule has 0 fully saturated rings. The van der Waals surface area contributed by atoms with Crippen molar-refractivity contribution < 1.29 is 13.9 Å². The van der Waals surface area contributed by atoms with Crippen LogP contribution < -0.4 is 9.64 Å². The Morgan fingerprint density at radius 2 is 2.39 bits per heavy atom. The molecule has 2 aromatic heterocycles. The normalized spacial score (nSPS) is 13.9. The van der Waals surface area contributed by atoms with E-state index in [1.54, 1.807) is 23.2 Å². The molecular formula is C12H9BrN2O3. The Bertz CT molecular complexity index is 597. The van der Waals surface area contributed by atoms with Crippen molar-refractivity contribution in [3.63, 3.8) is 0 Å². The molecule has 18 heavy (non-hydrogen) atoms. The summed E-state index contributed by atoms with van der Waals surface area (Å²) in [6.07, 6.45) is 3.07. The largest absolute Gasteiger partial charge is 0.474 e. The second kappa shape index (κ2) is 4.45. The second-order valence-electron chi connectivity index (χ2n) is 3.77. The third-order valence-electron chi connectivity index (χ3n) is 2.66. The topological polar surface area (TPSA) is 55.6 Å². The molecule has 0 N–H and O–H groups in total. The summed E-state index contributed by atoms with van der Waals surface area (Å²) in [6.45, 7) is 0.940. The predicted octanol–water partition coefficient (Wildman–Crippen LogP) is 2.48. The van der Waals surface area contributed by atoms with Gasteiger partial charge in [0.15, 0.2) is 4.67 Å². The molecule has 92 valence electrons. The van der Waals surface area contributed by atoms with Crippen molar-refractivity contribution in [1.82, 2.24) is 4.98 Å². The number of ether oxygens (including phenoxy) is 1. The van der Waals surface area contributed by atoms with Gasteiger partial charge in [0.2, 0.25) is 5.88 Å². The van der Waals surface area contributed by atoms with Crippen molar-refractivity contribution in [1.29, 1.82) is 0 Å². The van der Waals surface area contributed by atoms with Crippen LogP contribution in [0.5, 0.6) is 5.88 Å². The molecule has 0 bridgehead atoms. The number of furan rings is 1. The second-order valence-corrected chi connectivity index (χ2v) is 4.55. The third-order valence-corrected chi connectivity index (χ3v) is 3.07. The standard InChI is InChI=1S/C12H9BrN2O3/c13-10-6-8(7-18-10)12(16)15-4-5-17-11-9(15)2-1-3-14-11/h1-3,6-7H,4-5H2. The third kappa shape index (κ3) is 1.88. The number of carbonyl (C=O) groups is 1. The zero-order chi connectivity index (χ0) is 12.5. The zero-order valence-corrected chi connectivity index (χ0v) is 10.9. The van der Waals surface area contributed by atoms with E-state index >= 15 is 0 Å². The summed E-state index contributed by atoms with van der Waals surface area (Å²) in [6, 6.07) is 5.24. The van der Waals surface area contributed by atoms with E-state index in [1.807, 2.05) is 6.07 Å². The van der Waals surface area contributed by atoms with E-state index in [0.717, 1.165) is 0 Å². The van der Waals surface area contributed by atoms with Crippen LogP contribution in [0.1, 0.15) is 10.4 Å². The summed E-state index contributed by atoms with van der Waals surface area (Å²) >= 11 is 3.18. The van der Waals surface area contributed by atoms with Crippen LogP contribution in [-0.4, -0.2) is 24.0 Å². The van der Waals surface area contributed by atoms with Crippen molar-refractivity contribution in [2.75, 3.05) is 18.1 Å². The predicted molar refractivity (Wildman–Crippen MR) is 67.8 cm³/mol. The number of carbonyl (C=O) groups excluding carboxylic acids is 1. The van der Waals surface area contributed by atoms with E-state index in [9.17, 15) is 4.79 Å². The Labute approximate surface area is 111 Å². The number of aromatic nitrogens is 1. The monoisotopic (exact) mass is 308 g/mol. The lowest BCUT2D eigenvalue weighted by Crippen LogP contribution is -2.38. The summed E-state index contributed by atoms with van der Waals surface area (Å²) in [5, 5.41) is 0. The maximum atomic E-state index is 12.3. The maximum Gasteiger partial charge on any atom is 0.261 e. The molecule has 0 aliphatic carbocycles. The molecule has 0 unspecified atom stereocenters. The van der Waals surface area contributed by atoms with Crippen LogP contribution in [0.15, 0.2) is 39.7 Å². The fourth-order valence-electron chi connectivity index (χ4n) is 1.84. The fourth-order valence-corrected chi connectivity index (χ4v) is 2.18. The average Bonchev–Trinajstić information content (AvgIpc) is 2.84. The minimum Gasteiger partial charge on any atom is -0.474 e. The molecule has 0 saturated carbocycles. The molecule has 1 aliphatic heterocycles. The Kier molecular flexibility index (Phi) is 2.79. The van der Waals surface area contributed by atoms with Gasteiger partial charge in [-0.1, -0.05) is 0 Å². The van der Waals surface area contributed by atoms with Gasteiger partial charge in [0.05, 0.1) is 12.1 Å². The molecule has 3 rings (SSSR count). The molecule has 0 aromatic carbocycles. The highest BCUT2D eigenvalue weighted by Gasteiger charge is 2.26. The van der Waals surface area contributed by atoms with E-state index in [1.165, 1.54) is 6.26 Å². The van der Waals surface area contributed by atoms with Crippen molar-refractivity contribution in [3.8, 4) is 5.88 Å². The highest BCUT2D eigenvalue weighted by Crippen LogP contribution is 2.30. The highest BCUT2D eigenvalue weighted by atomic mass is 79.9. The summed E-state index contributed by atoms with van der Waals surface area (Å²) in [4.78, 5) is 18.1. The summed E-state index contributed by atoms with van der Waals surface area (Å²) < 4.78 is 11.0. The first-order chi connectivity index (χ1) is 8.75. The van der Waals surface area contributed by atoms with Crippen LogP contribution in [0.4, 0.5) is 5.69 Å². The van der Waals surface area contributed by atoms with Gasteiger partial charge >= 0.3 is 0 Å². The smallest absolute Gasteiger partial charge is 0.261 e. The quantitative estimate of drug-likeness (QED) is 0.812. The maximum absolute atomic E-state index is 12.3. The molecule has 0 atom stereocenters. The summed E-state index contributed by atoms with van der Waals surface area (Å²) in [7, 11) is 0. The number of rotatable bonds is 1. The van der Waals surface area contributed by atoms with E-state index in [4.69, 9.17) is 9.15 Å². The van der Waals surface area contributed by atoms with E-state index in [2.05, 4.69) is 20.9 Å². The first-order valence-electron chi connectivity index (χ1n) is 5.39. The van der Waals surface area contributed by atoms with Gasteiger partial charge in [-0.3, -0.25) is 9.69 Å². The Morgan fingerprint density at radius 1 is 1.50 bits per heavy atom. The number of pyridine rings is 1. The number of fused-ring (bicyclic) bond motifs is 1. The lowest BCUT2D eigenvalue weighted by atomic mass is 10.2. The highest BCUT2D eigenvalue weighted by molar-refractivity contribution is 9.10. The molecule has 2 aromatic rings. The van der Waals surface area contributed by atoms with Crippen LogP contribution in [-0.2, 0) is 0 Å². The number of halogens is 1. The van der Waals surface area contributed by atoms with Crippen molar-refractivity contribution in [2.24, 2.45) is 0 Å². The molecular weight excluding hydrogens is 300 g/mol. The van der Waals surface area contributed by atoms with Crippen molar-refractivity contribution in [3.05, 3.63) is 40.9 Å². The number of nitrogens with zero attached hydrogens (tertiary/aromatic N) is 2. The van der Waals surface area contributed by atoms with Crippen LogP contribution in [0.2, 0.25) is 0 Å². The van der Waals surface area contributed by atoms with Gasteiger partial charge in [-0.05, 0) is 28.1 Å². The van der Waals surface area contributed by atoms with Gasteiger partial charge < -0.3 is 9.15 Å². The minimum atomic E-state index is -0.123. The summed E-state index contributed by atoms with van der Waals surface area (Å²) in [5.74, 6) is 0.363. The first kappa shape index (κ1) is 11.3. The van der Waals surface area contributed by atoms with E-state index < -0.39 is 0 Å². The molecule has 1 amide bonds. The van der Waals surface area contributed by atoms with Crippen LogP contribution in [0.25, 0.3) is 0 Å². The zero-order valence-electron chi connectivity index (χ0n) is 9.30. The molecule has 1 aliphatic rings. The molecule has 0 spiro atoms. The van der Waals surface area contributed by atoms with Crippen LogP contribution in [0.3, 0.4) is 0 Å². The Morgan fingerprint density at radius 3 is 3.17 bits per heavy atom. The lowest BCUT2D eigenvalue weighted by molar-refractivity contribution is 0.0975. The number of hydrogen-bond donors (Lipinski definition) is 0. The number of anilines is 1. The van der Waals surface area contributed by atoms with Crippen LogP contribution >= 0.6 is 15.9 Å².